The fraction of sp³-hybridized carbons (Fsp3) is 0.714. The van der Waals surface area contributed by atoms with Gasteiger partial charge in [-0.15, -0.1) is 11.3 Å². The molecule has 0 N–H and O–H groups in total. The summed E-state index contributed by atoms with van der Waals surface area (Å²) in [5.74, 6) is 0.254. The maximum absolute atomic E-state index is 11.5. The van der Waals surface area contributed by atoms with Gasteiger partial charge in [-0.2, -0.15) is 0 Å². The molecule has 1 fully saturated rings. The molecule has 0 amide bonds. The summed E-state index contributed by atoms with van der Waals surface area (Å²) in [6, 6.07) is 0. The van der Waals surface area contributed by atoms with Crippen molar-refractivity contribution < 1.29 is 14.3 Å². The Labute approximate surface area is 118 Å². The second kappa shape index (κ2) is 6.01. The maximum Gasteiger partial charge on any atom is 0.357 e. The Kier molecular flexibility index (Phi) is 4.58. The number of hydrogen-bond acceptors (Lipinski definition) is 5. The average molecular weight is 283 g/mol. The highest BCUT2D eigenvalue weighted by molar-refractivity contribution is 7.10. The molecular weight excluding hydrogens is 262 g/mol. The number of esters is 1. The number of methoxy groups -OCH3 is 1. The summed E-state index contributed by atoms with van der Waals surface area (Å²) in [6.07, 6.45) is 4.35. The van der Waals surface area contributed by atoms with E-state index in [0.717, 1.165) is 24.3 Å². The number of thiazole rings is 1. The van der Waals surface area contributed by atoms with Crippen LogP contribution in [-0.2, 0) is 15.1 Å². The second-order valence-corrected chi connectivity index (χ2v) is 6.02. The fourth-order valence-electron chi connectivity index (χ4n) is 2.85. The van der Waals surface area contributed by atoms with E-state index in [1.165, 1.54) is 24.9 Å². The lowest BCUT2D eigenvalue weighted by atomic mass is 9.79. The minimum Gasteiger partial charge on any atom is -0.464 e. The number of carbonyl (C=O) groups excluding carboxylic acids is 1. The van der Waals surface area contributed by atoms with Crippen molar-refractivity contribution in [3.05, 3.63) is 16.1 Å². The van der Waals surface area contributed by atoms with Gasteiger partial charge in [-0.25, -0.2) is 9.78 Å². The van der Waals surface area contributed by atoms with Crippen LogP contribution in [-0.4, -0.2) is 24.7 Å². The van der Waals surface area contributed by atoms with Crippen LogP contribution in [0.5, 0.6) is 0 Å². The summed E-state index contributed by atoms with van der Waals surface area (Å²) in [4.78, 5) is 16.0. The van der Waals surface area contributed by atoms with E-state index in [1.54, 1.807) is 5.38 Å². The van der Waals surface area contributed by atoms with Crippen molar-refractivity contribution in [1.29, 1.82) is 0 Å². The molecule has 4 nitrogen and oxygen atoms in total. The first-order valence-corrected chi connectivity index (χ1v) is 7.67. The van der Waals surface area contributed by atoms with Crippen LogP contribution in [0.4, 0.5) is 0 Å². The van der Waals surface area contributed by atoms with Crippen LogP contribution in [0.2, 0.25) is 0 Å². The molecule has 1 aliphatic carbocycles. The van der Waals surface area contributed by atoms with Gasteiger partial charge in [0.1, 0.15) is 10.6 Å². The number of hydrogen-bond donors (Lipinski definition) is 0. The molecule has 0 aromatic carbocycles. The third-order valence-electron chi connectivity index (χ3n) is 3.66. The van der Waals surface area contributed by atoms with E-state index in [9.17, 15) is 4.79 Å². The molecule has 2 rings (SSSR count). The van der Waals surface area contributed by atoms with Gasteiger partial charge >= 0.3 is 5.97 Å². The summed E-state index contributed by atoms with van der Waals surface area (Å²) in [5, 5.41) is 2.68. The Hall–Kier alpha value is -0.940. The summed E-state index contributed by atoms with van der Waals surface area (Å²) in [7, 11) is 1.38. The molecule has 0 saturated heterocycles. The summed E-state index contributed by atoms with van der Waals surface area (Å²) in [6.45, 7) is 4.93. The first-order chi connectivity index (χ1) is 9.11. The number of rotatable bonds is 4. The Morgan fingerprint density at radius 2 is 2.42 bits per heavy atom. The predicted molar refractivity (Wildman–Crippen MR) is 74.4 cm³/mol. The van der Waals surface area contributed by atoms with E-state index in [2.05, 4.69) is 11.9 Å². The lowest BCUT2D eigenvalue weighted by Crippen LogP contribution is -2.35. The van der Waals surface area contributed by atoms with Crippen molar-refractivity contribution in [3.8, 4) is 0 Å². The van der Waals surface area contributed by atoms with Crippen LogP contribution < -0.4 is 0 Å². The largest absolute Gasteiger partial charge is 0.464 e. The van der Waals surface area contributed by atoms with Gasteiger partial charge in [0.05, 0.1) is 7.11 Å². The van der Waals surface area contributed by atoms with Crippen LogP contribution in [0.15, 0.2) is 5.38 Å². The lowest BCUT2D eigenvalue weighted by molar-refractivity contribution is -0.0821. The molecule has 1 aliphatic rings. The monoisotopic (exact) mass is 283 g/mol. The van der Waals surface area contributed by atoms with Crippen LogP contribution in [0.3, 0.4) is 0 Å². The van der Waals surface area contributed by atoms with Gasteiger partial charge in [-0.1, -0.05) is 13.3 Å². The van der Waals surface area contributed by atoms with Crippen LogP contribution in [0.1, 0.15) is 55.0 Å². The molecule has 5 heteroatoms. The Morgan fingerprint density at radius 3 is 3.05 bits per heavy atom. The van der Waals surface area contributed by atoms with E-state index < -0.39 is 0 Å². The lowest BCUT2D eigenvalue weighted by Gasteiger charge is -2.38. The van der Waals surface area contributed by atoms with Gasteiger partial charge in [-0.3, -0.25) is 0 Å². The molecule has 0 aliphatic heterocycles. The molecule has 1 saturated carbocycles. The molecule has 0 spiro atoms. The maximum atomic E-state index is 11.5. The van der Waals surface area contributed by atoms with Gasteiger partial charge in [0.25, 0.3) is 0 Å². The van der Waals surface area contributed by atoms with Gasteiger partial charge in [0.2, 0.25) is 0 Å². The highest BCUT2D eigenvalue weighted by atomic mass is 32.1. The smallest absolute Gasteiger partial charge is 0.357 e. The normalized spacial score (nSPS) is 27.2. The minimum absolute atomic E-state index is 0.302. The number of aromatic nitrogens is 1. The minimum atomic E-state index is -0.377. The Bertz CT molecular complexity index is 442. The Morgan fingerprint density at radius 1 is 1.63 bits per heavy atom. The van der Waals surface area contributed by atoms with Crippen molar-refractivity contribution in [3.63, 3.8) is 0 Å². The van der Waals surface area contributed by atoms with E-state index >= 15 is 0 Å². The van der Waals surface area contributed by atoms with Crippen molar-refractivity contribution in [2.75, 3.05) is 13.7 Å². The molecule has 1 heterocycles. The molecular formula is C14H21NO3S. The van der Waals surface area contributed by atoms with Crippen molar-refractivity contribution in [2.45, 2.75) is 45.1 Å². The zero-order chi connectivity index (χ0) is 13.9. The topological polar surface area (TPSA) is 48.4 Å². The molecule has 0 radical (unpaired) electrons. The standard InChI is InChI=1S/C14H21NO3S/c1-4-18-14(7-5-6-10(2)8-14)13-15-11(9-19-13)12(16)17-3/h9-10H,4-8H2,1-3H3. The van der Waals surface area contributed by atoms with Crippen LogP contribution in [0.25, 0.3) is 0 Å². The highest BCUT2D eigenvalue weighted by Crippen LogP contribution is 2.44. The first-order valence-electron chi connectivity index (χ1n) is 6.79. The summed E-state index contributed by atoms with van der Waals surface area (Å²) >= 11 is 1.50. The van der Waals surface area contributed by atoms with E-state index in [1.807, 2.05) is 6.92 Å². The Balaban J connectivity index is 2.28. The number of carbonyl (C=O) groups is 1. The third-order valence-corrected chi connectivity index (χ3v) is 4.69. The third kappa shape index (κ3) is 2.98. The highest BCUT2D eigenvalue weighted by Gasteiger charge is 2.40. The molecule has 19 heavy (non-hydrogen) atoms. The van der Waals surface area contributed by atoms with Crippen molar-refractivity contribution in [1.82, 2.24) is 4.98 Å². The predicted octanol–water partition coefficient (Wildman–Crippen LogP) is 3.37. The molecule has 2 unspecified atom stereocenters. The molecule has 1 aromatic heterocycles. The van der Waals surface area contributed by atoms with Gasteiger partial charge in [-0.05, 0) is 32.1 Å². The molecule has 2 atom stereocenters. The molecule has 106 valence electrons. The number of nitrogens with zero attached hydrogens (tertiary/aromatic N) is 1. The second-order valence-electron chi connectivity index (χ2n) is 5.16. The van der Waals surface area contributed by atoms with E-state index in [0.29, 0.717) is 18.2 Å². The number of ether oxygens (including phenoxy) is 2. The van der Waals surface area contributed by atoms with Crippen LogP contribution in [0, 0.1) is 5.92 Å². The van der Waals surface area contributed by atoms with Gasteiger partial charge < -0.3 is 9.47 Å². The van der Waals surface area contributed by atoms with Gasteiger partial charge in [0.15, 0.2) is 5.69 Å². The van der Waals surface area contributed by atoms with Crippen molar-refractivity contribution in [2.24, 2.45) is 5.92 Å². The molecule has 1 aromatic rings. The van der Waals surface area contributed by atoms with E-state index in [-0.39, 0.29) is 11.6 Å². The van der Waals surface area contributed by atoms with Crippen molar-refractivity contribution >= 4 is 17.3 Å². The van der Waals surface area contributed by atoms with E-state index in [4.69, 9.17) is 9.47 Å². The quantitative estimate of drug-likeness (QED) is 0.795. The zero-order valence-corrected chi connectivity index (χ0v) is 12.6. The van der Waals surface area contributed by atoms with Gasteiger partial charge in [0, 0.05) is 12.0 Å². The summed E-state index contributed by atoms with van der Waals surface area (Å²) < 4.78 is 10.8. The average Bonchev–Trinajstić information content (AvgIpc) is 2.88. The van der Waals surface area contributed by atoms with Crippen LogP contribution >= 0.6 is 11.3 Å². The zero-order valence-electron chi connectivity index (χ0n) is 11.8. The SMILES string of the molecule is CCOC1(c2nc(C(=O)OC)cs2)CCCC(C)C1. The fourth-order valence-corrected chi connectivity index (χ4v) is 3.83. The first kappa shape index (κ1) is 14.5. The summed E-state index contributed by atoms with van der Waals surface area (Å²) in [5.41, 5.74) is 0.0865. The molecule has 0 bridgehead atoms.